The lowest BCUT2D eigenvalue weighted by Gasteiger charge is -2.21. The van der Waals surface area contributed by atoms with E-state index in [-0.39, 0.29) is 17.0 Å². The Hall–Kier alpha value is -2.71. The van der Waals surface area contributed by atoms with Crippen LogP contribution in [-0.4, -0.2) is 27.9 Å². The summed E-state index contributed by atoms with van der Waals surface area (Å²) < 4.78 is 72.1. The lowest BCUT2D eigenvalue weighted by atomic mass is 10.1. The van der Waals surface area contributed by atoms with Crippen molar-refractivity contribution in [2.24, 2.45) is 0 Å². The van der Waals surface area contributed by atoms with Gasteiger partial charge in [-0.25, -0.2) is 9.50 Å². The minimum atomic E-state index is -5.75. The molecule has 2 aromatic heterocycles. The van der Waals surface area contributed by atoms with Crippen LogP contribution in [0.2, 0.25) is 0 Å². The molecule has 0 amide bonds. The van der Waals surface area contributed by atoms with Gasteiger partial charge in [-0.3, -0.25) is 0 Å². The van der Waals surface area contributed by atoms with Crippen molar-refractivity contribution < 1.29 is 26.7 Å². The average Bonchev–Trinajstić information content (AvgIpc) is 2.92. The Labute approximate surface area is 138 Å². The number of aromatic nitrogens is 3. The van der Waals surface area contributed by atoms with Gasteiger partial charge < -0.3 is 4.74 Å². The molecule has 2 heterocycles. The van der Waals surface area contributed by atoms with Gasteiger partial charge in [0.05, 0.1) is 18.5 Å². The van der Waals surface area contributed by atoms with E-state index in [9.17, 15) is 22.0 Å². The number of nitrogens with zero attached hydrogens (tertiary/aromatic N) is 3. The smallest absolute Gasteiger partial charge is 0.459 e. The number of alkyl halides is 5. The molecule has 0 unspecified atom stereocenters. The summed E-state index contributed by atoms with van der Waals surface area (Å²) in [4.78, 5) is 4.14. The third-order valence-electron chi connectivity index (χ3n) is 3.61. The number of rotatable bonds is 3. The van der Waals surface area contributed by atoms with Crippen molar-refractivity contribution in [3.05, 3.63) is 47.8 Å². The summed E-state index contributed by atoms with van der Waals surface area (Å²) in [5, 5.41) is 3.71. The molecular formula is C16H12F5N3O. The van der Waals surface area contributed by atoms with Crippen LogP contribution in [0.3, 0.4) is 0 Å². The summed E-state index contributed by atoms with van der Waals surface area (Å²) in [6.45, 7) is 1.48. The zero-order valence-electron chi connectivity index (χ0n) is 13.1. The van der Waals surface area contributed by atoms with Crippen molar-refractivity contribution in [2.75, 3.05) is 7.11 Å². The summed E-state index contributed by atoms with van der Waals surface area (Å²) in [7, 11) is 1.45. The molecule has 0 spiro atoms. The predicted octanol–water partition coefficient (Wildman–Crippen LogP) is 4.37. The maximum absolute atomic E-state index is 14.0. The highest BCUT2D eigenvalue weighted by atomic mass is 19.4. The molecule has 4 nitrogen and oxygen atoms in total. The van der Waals surface area contributed by atoms with Crippen LogP contribution in [0.5, 0.6) is 5.75 Å². The zero-order valence-corrected chi connectivity index (χ0v) is 13.1. The Morgan fingerprint density at radius 1 is 1.00 bits per heavy atom. The molecule has 0 aliphatic rings. The van der Waals surface area contributed by atoms with Gasteiger partial charge in [-0.05, 0) is 37.3 Å². The Morgan fingerprint density at radius 2 is 1.64 bits per heavy atom. The van der Waals surface area contributed by atoms with E-state index in [2.05, 4.69) is 10.1 Å². The van der Waals surface area contributed by atoms with Gasteiger partial charge >= 0.3 is 12.1 Å². The second kappa shape index (κ2) is 5.68. The van der Waals surface area contributed by atoms with E-state index < -0.39 is 17.8 Å². The van der Waals surface area contributed by atoms with Gasteiger partial charge in [0.1, 0.15) is 11.4 Å². The van der Waals surface area contributed by atoms with E-state index in [4.69, 9.17) is 4.74 Å². The molecule has 9 heteroatoms. The fourth-order valence-corrected chi connectivity index (χ4v) is 2.37. The molecule has 0 radical (unpaired) electrons. The van der Waals surface area contributed by atoms with Crippen molar-refractivity contribution >= 4 is 5.65 Å². The number of aryl methyl sites for hydroxylation is 1. The van der Waals surface area contributed by atoms with E-state index in [0.29, 0.717) is 21.9 Å². The highest BCUT2D eigenvalue weighted by molar-refractivity contribution is 5.63. The van der Waals surface area contributed by atoms with E-state index >= 15 is 0 Å². The maximum atomic E-state index is 14.0. The van der Waals surface area contributed by atoms with Crippen LogP contribution in [0.25, 0.3) is 16.9 Å². The molecule has 0 saturated carbocycles. The molecule has 3 aromatic rings. The van der Waals surface area contributed by atoms with E-state index in [1.165, 1.54) is 32.2 Å². The quantitative estimate of drug-likeness (QED) is 0.654. The monoisotopic (exact) mass is 357 g/mol. The molecule has 0 aliphatic heterocycles. The van der Waals surface area contributed by atoms with Crippen LogP contribution in [0, 0.1) is 6.92 Å². The van der Waals surface area contributed by atoms with Gasteiger partial charge in [-0.2, -0.15) is 27.1 Å². The van der Waals surface area contributed by atoms with Gasteiger partial charge in [0.15, 0.2) is 5.65 Å². The maximum Gasteiger partial charge on any atom is 0.459 e. The van der Waals surface area contributed by atoms with E-state index in [0.717, 1.165) is 0 Å². The molecule has 25 heavy (non-hydrogen) atoms. The highest BCUT2D eigenvalue weighted by Gasteiger charge is 2.60. The topological polar surface area (TPSA) is 39.4 Å². The number of ether oxygens (including phenoxy) is 1. The van der Waals surface area contributed by atoms with Gasteiger partial charge in [-0.1, -0.05) is 0 Å². The number of methoxy groups -OCH3 is 1. The minimum absolute atomic E-state index is 0.0195. The second-order valence-corrected chi connectivity index (χ2v) is 5.38. The Morgan fingerprint density at radius 3 is 2.20 bits per heavy atom. The summed E-state index contributed by atoms with van der Waals surface area (Å²) in [6.07, 6.45) is -5.75. The number of hydrogen-bond donors (Lipinski definition) is 0. The van der Waals surface area contributed by atoms with E-state index in [1.54, 1.807) is 12.1 Å². The fraction of sp³-hybridized carbons (Fsp3) is 0.250. The summed E-state index contributed by atoms with van der Waals surface area (Å²) in [5.41, 5.74) is -0.748. The minimum Gasteiger partial charge on any atom is -0.497 e. The highest BCUT2D eigenvalue weighted by Crippen LogP contribution is 2.44. The number of fused-ring (bicyclic) bond motifs is 1. The fourth-order valence-electron chi connectivity index (χ4n) is 2.37. The van der Waals surface area contributed by atoms with Gasteiger partial charge in [0, 0.05) is 11.6 Å². The normalized spacial score (nSPS) is 12.6. The third kappa shape index (κ3) is 2.90. The first kappa shape index (κ1) is 17.1. The van der Waals surface area contributed by atoms with Crippen molar-refractivity contribution in [3.63, 3.8) is 0 Å². The first-order valence-corrected chi connectivity index (χ1v) is 7.10. The summed E-state index contributed by atoms with van der Waals surface area (Å²) >= 11 is 0. The van der Waals surface area contributed by atoms with Gasteiger partial charge in [0.2, 0.25) is 0 Å². The third-order valence-corrected chi connectivity index (χ3v) is 3.61. The molecule has 0 saturated heterocycles. The van der Waals surface area contributed by atoms with Crippen LogP contribution in [-0.2, 0) is 5.92 Å². The van der Waals surface area contributed by atoms with Crippen LogP contribution < -0.4 is 4.74 Å². The summed E-state index contributed by atoms with van der Waals surface area (Å²) in [5.74, 6) is -4.56. The molecule has 3 rings (SSSR count). The largest absolute Gasteiger partial charge is 0.497 e. The Balaban J connectivity index is 2.25. The van der Waals surface area contributed by atoms with E-state index in [1.807, 2.05) is 0 Å². The zero-order chi connectivity index (χ0) is 18.4. The molecule has 132 valence electrons. The number of halogens is 5. The van der Waals surface area contributed by atoms with Crippen molar-refractivity contribution in [1.82, 2.24) is 14.6 Å². The molecule has 0 fully saturated rings. The SMILES string of the molecule is COc1ccc(-c2cc(C(F)(F)C(F)(F)F)n3nc(C)cc3n2)cc1. The molecule has 0 aliphatic carbocycles. The molecular weight excluding hydrogens is 345 g/mol. The first-order valence-electron chi connectivity index (χ1n) is 7.10. The second-order valence-electron chi connectivity index (χ2n) is 5.38. The van der Waals surface area contributed by atoms with Crippen molar-refractivity contribution in [3.8, 4) is 17.0 Å². The van der Waals surface area contributed by atoms with Crippen LogP contribution in [0.4, 0.5) is 22.0 Å². The predicted molar refractivity (Wildman–Crippen MR) is 79.7 cm³/mol. The Kier molecular flexibility index (Phi) is 3.89. The van der Waals surface area contributed by atoms with Gasteiger partial charge in [0.25, 0.3) is 0 Å². The Bertz CT molecular complexity index is 916. The first-order chi connectivity index (χ1) is 11.6. The number of benzene rings is 1. The molecule has 0 bridgehead atoms. The standard InChI is InChI=1S/C16H12F5N3O/c1-9-7-14-22-12(10-3-5-11(25-2)6-4-10)8-13(24(14)23-9)15(17,18)16(19,20)21/h3-8H,1-2H3. The van der Waals surface area contributed by atoms with Crippen LogP contribution in [0.15, 0.2) is 36.4 Å². The van der Waals surface area contributed by atoms with Gasteiger partial charge in [-0.15, -0.1) is 0 Å². The number of hydrogen-bond acceptors (Lipinski definition) is 3. The molecule has 1 aromatic carbocycles. The van der Waals surface area contributed by atoms with Crippen molar-refractivity contribution in [1.29, 1.82) is 0 Å². The average molecular weight is 357 g/mol. The van der Waals surface area contributed by atoms with Crippen LogP contribution in [0.1, 0.15) is 11.4 Å². The lowest BCUT2D eigenvalue weighted by Crippen LogP contribution is -2.35. The molecule has 0 atom stereocenters. The molecule has 0 N–H and O–H groups in total. The lowest BCUT2D eigenvalue weighted by molar-refractivity contribution is -0.291. The van der Waals surface area contributed by atoms with Crippen LogP contribution >= 0.6 is 0 Å². The van der Waals surface area contributed by atoms with Crippen molar-refractivity contribution in [2.45, 2.75) is 19.0 Å². The summed E-state index contributed by atoms with van der Waals surface area (Å²) in [6, 6.07) is 8.21.